The highest BCUT2D eigenvalue weighted by Crippen LogP contribution is 2.48. The lowest BCUT2D eigenvalue weighted by molar-refractivity contribution is -0.0622. The van der Waals surface area contributed by atoms with Gasteiger partial charge in [-0.2, -0.15) is 21.6 Å². The van der Waals surface area contributed by atoms with Crippen LogP contribution in [0.4, 0.5) is 13.2 Å². The molecule has 0 spiro atoms. The minimum Gasteiger partial charge on any atom is -0.263 e. The molecule has 0 unspecified atom stereocenters. The Bertz CT molecular complexity index is 342. The van der Waals surface area contributed by atoms with E-state index in [1.807, 2.05) is 13.8 Å². The summed E-state index contributed by atoms with van der Waals surface area (Å²) in [6.45, 7) is 3.44. The first-order valence-electron chi connectivity index (χ1n) is 5.07. The van der Waals surface area contributed by atoms with Gasteiger partial charge in [0.1, 0.15) is 0 Å². The Balaban J connectivity index is 2.58. The van der Waals surface area contributed by atoms with E-state index in [2.05, 4.69) is 4.18 Å². The van der Waals surface area contributed by atoms with Gasteiger partial charge >= 0.3 is 15.6 Å². The molecule has 1 aliphatic carbocycles. The van der Waals surface area contributed by atoms with Crippen LogP contribution in [-0.2, 0) is 14.3 Å². The molecule has 0 aromatic rings. The van der Waals surface area contributed by atoms with Crippen molar-refractivity contribution in [2.75, 3.05) is 6.61 Å². The van der Waals surface area contributed by atoms with Gasteiger partial charge in [0.25, 0.3) is 0 Å². The predicted molar refractivity (Wildman–Crippen MR) is 52.0 cm³/mol. The zero-order chi connectivity index (χ0) is 12.6. The van der Waals surface area contributed by atoms with E-state index in [0.717, 1.165) is 12.8 Å². The average molecular weight is 260 g/mol. The molecular formula is C9H15F3O3S. The average Bonchev–Trinajstić information content (AvgIpc) is 2.08. The number of hydrogen-bond donors (Lipinski definition) is 0. The molecule has 0 aliphatic heterocycles. The maximum atomic E-state index is 12.0. The Morgan fingerprint density at radius 2 is 1.88 bits per heavy atom. The van der Waals surface area contributed by atoms with Crippen molar-refractivity contribution in [1.82, 2.24) is 0 Å². The summed E-state index contributed by atoms with van der Waals surface area (Å²) in [5.41, 5.74) is -5.71. The van der Waals surface area contributed by atoms with Crippen molar-refractivity contribution in [3.05, 3.63) is 0 Å². The molecule has 0 radical (unpaired) electrons. The van der Waals surface area contributed by atoms with Gasteiger partial charge in [0.15, 0.2) is 0 Å². The van der Waals surface area contributed by atoms with Gasteiger partial charge in [-0.05, 0) is 30.6 Å². The predicted octanol–water partition coefficient (Wildman–Crippen LogP) is 2.68. The van der Waals surface area contributed by atoms with E-state index in [4.69, 9.17) is 0 Å². The summed E-state index contributed by atoms with van der Waals surface area (Å²) in [5, 5.41) is 0. The quantitative estimate of drug-likeness (QED) is 0.576. The lowest BCUT2D eigenvalue weighted by atomic mass is 9.62. The summed E-state index contributed by atoms with van der Waals surface area (Å²) in [4.78, 5) is 0. The zero-order valence-electron chi connectivity index (χ0n) is 9.17. The van der Waals surface area contributed by atoms with E-state index in [9.17, 15) is 21.6 Å². The lowest BCUT2D eigenvalue weighted by Crippen LogP contribution is -2.41. The van der Waals surface area contributed by atoms with E-state index < -0.39 is 21.0 Å². The van der Waals surface area contributed by atoms with Crippen molar-refractivity contribution >= 4 is 10.1 Å². The topological polar surface area (TPSA) is 43.4 Å². The van der Waals surface area contributed by atoms with E-state index in [-0.39, 0.29) is 6.61 Å². The standard InChI is InChI=1S/C9H15F3O3S/c1-3-8(4-7(2)5-8)6-15-16(13,14)9(10,11)12/h7H,3-6H2,1-2H3. The van der Waals surface area contributed by atoms with Crippen LogP contribution in [0.2, 0.25) is 0 Å². The van der Waals surface area contributed by atoms with Crippen LogP contribution >= 0.6 is 0 Å². The van der Waals surface area contributed by atoms with Crippen LogP contribution in [0.3, 0.4) is 0 Å². The van der Waals surface area contributed by atoms with Crippen LogP contribution in [0.5, 0.6) is 0 Å². The van der Waals surface area contributed by atoms with E-state index in [1.54, 1.807) is 0 Å². The molecule has 0 atom stereocenters. The van der Waals surface area contributed by atoms with Crippen LogP contribution < -0.4 is 0 Å². The van der Waals surface area contributed by atoms with Crippen molar-refractivity contribution in [2.45, 2.75) is 38.6 Å². The molecule has 0 amide bonds. The fraction of sp³-hybridized carbons (Fsp3) is 1.00. The molecule has 0 saturated heterocycles. The van der Waals surface area contributed by atoms with Crippen LogP contribution in [0.1, 0.15) is 33.1 Å². The van der Waals surface area contributed by atoms with Crippen LogP contribution in [0, 0.1) is 11.3 Å². The summed E-state index contributed by atoms with van der Waals surface area (Å²) < 4.78 is 61.5. The van der Waals surface area contributed by atoms with E-state index >= 15 is 0 Å². The molecule has 1 rings (SSSR count). The SMILES string of the molecule is CCC1(COS(=O)(=O)C(F)(F)F)CC(C)C1. The molecule has 0 aromatic heterocycles. The lowest BCUT2D eigenvalue weighted by Gasteiger charge is -2.45. The molecule has 7 heteroatoms. The third kappa shape index (κ3) is 2.68. The molecule has 1 aliphatic rings. The fourth-order valence-corrected chi connectivity index (χ4v) is 2.74. The highest BCUT2D eigenvalue weighted by atomic mass is 32.2. The normalized spacial score (nSPS) is 31.2. The van der Waals surface area contributed by atoms with E-state index in [0.29, 0.717) is 12.3 Å². The Morgan fingerprint density at radius 3 is 2.19 bits per heavy atom. The smallest absolute Gasteiger partial charge is 0.263 e. The van der Waals surface area contributed by atoms with Gasteiger partial charge in [0.2, 0.25) is 0 Å². The van der Waals surface area contributed by atoms with Crippen molar-refractivity contribution in [3.63, 3.8) is 0 Å². The van der Waals surface area contributed by atoms with Gasteiger partial charge < -0.3 is 0 Å². The minimum absolute atomic E-state index is 0.365. The van der Waals surface area contributed by atoms with Gasteiger partial charge in [-0.3, -0.25) is 4.18 Å². The first-order valence-corrected chi connectivity index (χ1v) is 6.48. The molecule has 0 heterocycles. The second-order valence-electron chi connectivity index (χ2n) is 4.53. The number of halogens is 3. The second-order valence-corrected chi connectivity index (χ2v) is 6.14. The van der Waals surface area contributed by atoms with E-state index in [1.165, 1.54) is 0 Å². The Morgan fingerprint density at radius 1 is 1.38 bits per heavy atom. The van der Waals surface area contributed by atoms with Crippen molar-refractivity contribution < 1.29 is 25.8 Å². The summed E-state index contributed by atoms with van der Waals surface area (Å²) in [6, 6.07) is 0. The Labute approximate surface area is 93.1 Å². The van der Waals surface area contributed by atoms with Crippen molar-refractivity contribution in [3.8, 4) is 0 Å². The highest BCUT2D eigenvalue weighted by Gasteiger charge is 2.50. The zero-order valence-corrected chi connectivity index (χ0v) is 9.99. The summed E-state index contributed by atoms with van der Waals surface area (Å²) in [5.74, 6) is 0.428. The third-order valence-corrected chi connectivity index (χ3v) is 4.11. The van der Waals surface area contributed by atoms with Crippen LogP contribution in [0.15, 0.2) is 0 Å². The molecule has 3 nitrogen and oxygen atoms in total. The number of rotatable bonds is 4. The molecule has 0 bridgehead atoms. The maximum Gasteiger partial charge on any atom is 0.523 e. The summed E-state index contributed by atoms with van der Waals surface area (Å²) >= 11 is 0. The minimum atomic E-state index is -5.43. The Hall–Kier alpha value is -0.300. The molecule has 96 valence electrons. The molecule has 16 heavy (non-hydrogen) atoms. The van der Waals surface area contributed by atoms with Crippen molar-refractivity contribution in [2.24, 2.45) is 11.3 Å². The number of alkyl halides is 3. The van der Waals surface area contributed by atoms with Gasteiger partial charge in [-0.1, -0.05) is 13.8 Å². The largest absolute Gasteiger partial charge is 0.523 e. The van der Waals surface area contributed by atoms with Gasteiger partial charge in [-0.25, -0.2) is 0 Å². The first-order chi connectivity index (χ1) is 7.12. The summed E-state index contributed by atoms with van der Waals surface area (Å²) in [6.07, 6.45) is 2.07. The highest BCUT2D eigenvalue weighted by molar-refractivity contribution is 7.87. The van der Waals surface area contributed by atoms with Crippen molar-refractivity contribution in [1.29, 1.82) is 0 Å². The first kappa shape index (κ1) is 13.8. The number of hydrogen-bond acceptors (Lipinski definition) is 3. The van der Waals surface area contributed by atoms with Gasteiger partial charge in [0.05, 0.1) is 6.61 Å². The monoisotopic (exact) mass is 260 g/mol. The molecule has 0 N–H and O–H groups in total. The second kappa shape index (κ2) is 4.18. The molecule has 1 fully saturated rings. The van der Waals surface area contributed by atoms with Crippen LogP contribution in [-0.4, -0.2) is 20.5 Å². The van der Waals surface area contributed by atoms with Gasteiger partial charge in [0, 0.05) is 0 Å². The Kier molecular flexibility index (Phi) is 3.59. The third-order valence-electron chi connectivity index (χ3n) is 3.12. The summed E-state index contributed by atoms with van der Waals surface area (Å²) in [7, 11) is -5.43. The van der Waals surface area contributed by atoms with Crippen LogP contribution in [0.25, 0.3) is 0 Å². The maximum absolute atomic E-state index is 12.0. The van der Waals surface area contributed by atoms with Gasteiger partial charge in [-0.15, -0.1) is 0 Å². The molecule has 0 aromatic carbocycles. The molecule has 1 saturated carbocycles. The molecular weight excluding hydrogens is 245 g/mol. The fourth-order valence-electron chi connectivity index (χ4n) is 2.20.